The molecule has 1 N–H and O–H groups in total. The van der Waals surface area contributed by atoms with Gasteiger partial charge in [0.1, 0.15) is 0 Å². The summed E-state index contributed by atoms with van der Waals surface area (Å²) >= 11 is 3.22. The molecule has 0 radical (unpaired) electrons. The van der Waals surface area contributed by atoms with Gasteiger partial charge in [-0.2, -0.15) is 5.10 Å². The summed E-state index contributed by atoms with van der Waals surface area (Å²) in [7, 11) is -3.62. The van der Waals surface area contributed by atoms with Gasteiger partial charge in [0.25, 0.3) is 10.0 Å². The molecule has 0 aliphatic heterocycles. The number of nitrogens with one attached hydrogen (secondary N) is 1. The molecule has 0 unspecified atom stereocenters. The van der Waals surface area contributed by atoms with Crippen molar-refractivity contribution in [2.75, 3.05) is 4.72 Å². The van der Waals surface area contributed by atoms with Crippen molar-refractivity contribution in [1.29, 1.82) is 0 Å². The summed E-state index contributed by atoms with van der Waals surface area (Å²) in [5, 5.41) is 7.25. The number of hydrogen-bond donors (Lipinski definition) is 1. The number of benzene rings is 1. The molecule has 5 nitrogen and oxygen atoms in total. The summed E-state index contributed by atoms with van der Waals surface area (Å²) in [5.41, 5.74) is 0. The van der Waals surface area contributed by atoms with Crippen molar-refractivity contribution in [3.8, 4) is 0 Å². The van der Waals surface area contributed by atoms with Crippen LogP contribution in [0.5, 0.6) is 0 Å². The summed E-state index contributed by atoms with van der Waals surface area (Å²) in [5.74, 6) is 0.187. The summed E-state index contributed by atoms with van der Waals surface area (Å²) in [6.07, 6.45) is 1.47. The van der Waals surface area contributed by atoms with Crippen molar-refractivity contribution < 1.29 is 8.42 Å². The SMILES string of the molecule is O=S(=O)(Nc1cccnn1)c1cccc(Br)c1. The molecule has 1 heterocycles. The van der Waals surface area contributed by atoms with Crippen molar-refractivity contribution in [2.45, 2.75) is 4.90 Å². The molecule has 0 amide bonds. The van der Waals surface area contributed by atoms with Gasteiger partial charge in [-0.1, -0.05) is 22.0 Å². The fraction of sp³-hybridized carbons (Fsp3) is 0. The fourth-order valence-electron chi connectivity index (χ4n) is 1.19. The minimum Gasteiger partial charge on any atom is -0.262 e. The van der Waals surface area contributed by atoms with Gasteiger partial charge in [0.15, 0.2) is 5.82 Å². The third-order valence-electron chi connectivity index (χ3n) is 1.92. The first-order valence-electron chi connectivity index (χ1n) is 4.64. The third-order valence-corrected chi connectivity index (χ3v) is 3.76. The lowest BCUT2D eigenvalue weighted by Gasteiger charge is -2.06. The van der Waals surface area contributed by atoms with Gasteiger partial charge in [-0.25, -0.2) is 8.42 Å². The Morgan fingerprint density at radius 3 is 2.65 bits per heavy atom. The maximum Gasteiger partial charge on any atom is 0.263 e. The van der Waals surface area contributed by atoms with Crippen LogP contribution in [0.1, 0.15) is 0 Å². The van der Waals surface area contributed by atoms with Crippen LogP contribution in [0.4, 0.5) is 5.82 Å². The Hall–Kier alpha value is -1.47. The normalized spacial score (nSPS) is 11.1. The van der Waals surface area contributed by atoms with Crippen LogP contribution in [0.15, 0.2) is 52.0 Å². The van der Waals surface area contributed by atoms with Crippen molar-refractivity contribution in [3.63, 3.8) is 0 Å². The number of anilines is 1. The Morgan fingerprint density at radius 1 is 1.18 bits per heavy atom. The lowest BCUT2D eigenvalue weighted by atomic mass is 10.4. The van der Waals surface area contributed by atoms with Gasteiger partial charge in [0.2, 0.25) is 0 Å². The van der Waals surface area contributed by atoms with Crippen LogP contribution < -0.4 is 4.72 Å². The highest BCUT2D eigenvalue weighted by molar-refractivity contribution is 9.10. The van der Waals surface area contributed by atoms with Crippen LogP contribution in [0.25, 0.3) is 0 Å². The Morgan fingerprint density at radius 2 is 2.00 bits per heavy atom. The number of aromatic nitrogens is 2. The Kier molecular flexibility index (Phi) is 3.39. The Bertz CT molecular complexity index is 616. The predicted octanol–water partition coefficient (Wildman–Crippen LogP) is 2.04. The second-order valence-corrected chi connectivity index (χ2v) is 5.77. The van der Waals surface area contributed by atoms with E-state index in [1.54, 1.807) is 18.2 Å². The van der Waals surface area contributed by atoms with Crippen LogP contribution >= 0.6 is 15.9 Å². The number of halogens is 1. The molecule has 0 aliphatic carbocycles. The zero-order valence-electron chi connectivity index (χ0n) is 8.54. The van der Waals surface area contributed by atoms with Crippen molar-refractivity contribution in [2.24, 2.45) is 0 Å². The van der Waals surface area contributed by atoms with Gasteiger partial charge in [-0.05, 0) is 30.3 Å². The molecule has 0 bridgehead atoms. The number of sulfonamides is 1. The second-order valence-electron chi connectivity index (χ2n) is 3.17. The van der Waals surface area contributed by atoms with Crippen LogP contribution in [0, 0.1) is 0 Å². The average molecular weight is 314 g/mol. The molecule has 0 atom stereocenters. The summed E-state index contributed by atoms with van der Waals surface area (Å²) < 4.78 is 26.9. The number of nitrogens with zero attached hydrogens (tertiary/aromatic N) is 2. The summed E-state index contributed by atoms with van der Waals surface area (Å²) in [6, 6.07) is 9.55. The molecule has 0 saturated heterocycles. The van der Waals surface area contributed by atoms with E-state index in [-0.39, 0.29) is 10.7 Å². The zero-order valence-corrected chi connectivity index (χ0v) is 10.9. The van der Waals surface area contributed by atoms with Crippen LogP contribution in [-0.4, -0.2) is 18.6 Å². The Labute approximate surface area is 107 Å². The second kappa shape index (κ2) is 4.80. The number of rotatable bonds is 3. The molecule has 0 saturated carbocycles. The molecule has 2 aromatic rings. The molecule has 88 valence electrons. The molecule has 7 heteroatoms. The van der Waals surface area contributed by atoms with E-state index < -0.39 is 10.0 Å². The van der Waals surface area contributed by atoms with Crippen LogP contribution in [-0.2, 0) is 10.0 Å². The standard InChI is InChI=1S/C10H8BrN3O2S/c11-8-3-1-4-9(7-8)17(15,16)14-10-5-2-6-12-13-10/h1-7H,(H,13,14). The topological polar surface area (TPSA) is 72.0 Å². The van der Waals surface area contributed by atoms with Crippen molar-refractivity contribution >= 4 is 31.8 Å². The first-order valence-corrected chi connectivity index (χ1v) is 6.92. The smallest absolute Gasteiger partial charge is 0.262 e. The van der Waals surface area contributed by atoms with Crippen molar-refractivity contribution in [3.05, 3.63) is 47.1 Å². The first kappa shape index (κ1) is 12.0. The van der Waals surface area contributed by atoms with Crippen molar-refractivity contribution in [1.82, 2.24) is 10.2 Å². The minimum atomic E-state index is -3.62. The first-order chi connectivity index (χ1) is 8.08. The zero-order chi connectivity index (χ0) is 12.3. The van der Waals surface area contributed by atoms with Gasteiger partial charge >= 0.3 is 0 Å². The minimum absolute atomic E-state index is 0.164. The van der Waals surface area contributed by atoms with Gasteiger partial charge in [0.05, 0.1) is 4.90 Å². The highest BCUT2D eigenvalue weighted by Gasteiger charge is 2.14. The van der Waals surface area contributed by atoms with E-state index in [1.807, 2.05) is 0 Å². The number of hydrogen-bond acceptors (Lipinski definition) is 4. The maximum absolute atomic E-state index is 12.0. The quantitative estimate of drug-likeness (QED) is 0.941. The lowest BCUT2D eigenvalue weighted by molar-refractivity contribution is 0.601. The molecular formula is C10H8BrN3O2S. The summed E-state index contributed by atoms with van der Waals surface area (Å²) in [6.45, 7) is 0. The van der Waals surface area contributed by atoms with E-state index in [1.165, 1.54) is 24.4 Å². The van der Waals surface area contributed by atoms with E-state index in [4.69, 9.17) is 0 Å². The average Bonchev–Trinajstić information content (AvgIpc) is 2.30. The predicted molar refractivity (Wildman–Crippen MR) is 67.0 cm³/mol. The van der Waals surface area contributed by atoms with Gasteiger partial charge < -0.3 is 0 Å². The third kappa shape index (κ3) is 3.01. The highest BCUT2D eigenvalue weighted by atomic mass is 79.9. The molecule has 2 rings (SSSR count). The van der Waals surface area contributed by atoms with E-state index >= 15 is 0 Å². The molecule has 17 heavy (non-hydrogen) atoms. The van der Waals surface area contributed by atoms with Crippen LogP contribution in [0.2, 0.25) is 0 Å². The van der Waals surface area contributed by atoms with Gasteiger partial charge in [0, 0.05) is 10.7 Å². The molecule has 0 fully saturated rings. The fourth-order valence-corrected chi connectivity index (χ4v) is 2.78. The van der Waals surface area contributed by atoms with E-state index in [0.717, 1.165) is 0 Å². The summed E-state index contributed by atoms with van der Waals surface area (Å²) in [4.78, 5) is 0.164. The van der Waals surface area contributed by atoms with Gasteiger partial charge in [-0.3, -0.25) is 4.72 Å². The van der Waals surface area contributed by atoms with Crippen LogP contribution in [0.3, 0.4) is 0 Å². The maximum atomic E-state index is 12.0. The monoisotopic (exact) mass is 313 g/mol. The molecule has 0 spiro atoms. The molecule has 1 aromatic heterocycles. The van der Waals surface area contributed by atoms with E-state index in [9.17, 15) is 8.42 Å². The van der Waals surface area contributed by atoms with E-state index in [0.29, 0.717) is 4.47 Å². The largest absolute Gasteiger partial charge is 0.263 e. The highest BCUT2D eigenvalue weighted by Crippen LogP contribution is 2.18. The lowest BCUT2D eigenvalue weighted by Crippen LogP contribution is -2.14. The Balaban J connectivity index is 2.32. The van der Waals surface area contributed by atoms with Gasteiger partial charge in [-0.15, -0.1) is 5.10 Å². The molecular weight excluding hydrogens is 306 g/mol. The molecule has 0 aliphatic rings. The molecule has 1 aromatic carbocycles. The van der Waals surface area contributed by atoms with E-state index in [2.05, 4.69) is 30.8 Å².